The zero-order chi connectivity index (χ0) is 12.8. The number of anilines is 1. The molecule has 2 rings (SSSR count). The van der Waals surface area contributed by atoms with Crippen LogP contribution in [-0.2, 0) is 4.74 Å². The maximum atomic E-state index is 5.57. The van der Waals surface area contributed by atoms with Crippen LogP contribution < -0.4 is 10.6 Å². The number of methoxy groups -OCH3 is 1. The maximum Gasteiger partial charge on any atom is 0.157 e. The Bertz CT molecular complexity index is 476. The zero-order valence-electron chi connectivity index (χ0n) is 10.6. The predicted molar refractivity (Wildman–Crippen MR) is 70.7 cm³/mol. The van der Waals surface area contributed by atoms with Crippen LogP contribution in [0.15, 0.2) is 24.5 Å². The molecule has 0 radical (unpaired) electrons. The highest BCUT2D eigenvalue weighted by Crippen LogP contribution is 2.12. The molecule has 0 saturated heterocycles. The van der Waals surface area contributed by atoms with Crippen LogP contribution in [-0.4, -0.2) is 47.9 Å². The summed E-state index contributed by atoms with van der Waals surface area (Å²) < 4.78 is 6.88. The molecule has 2 aromatic rings. The Hall–Kier alpha value is -1.66. The fourth-order valence-electron chi connectivity index (χ4n) is 1.80. The van der Waals surface area contributed by atoms with E-state index in [9.17, 15) is 0 Å². The molecule has 0 aliphatic rings. The molecule has 0 saturated carbocycles. The predicted octanol–water partition coefficient (Wildman–Crippen LogP) is 0.531. The molecule has 0 spiro atoms. The van der Waals surface area contributed by atoms with E-state index in [1.54, 1.807) is 17.8 Å². The van der Waals surface area contributed by atoms with Crippen molar-refractivity contribution in [2.45, 2.75) is 6.42 Å². The van der Waals surface area contributed by atoms with Gasteiger partial charge in [0.15, 0.2) is 5.65 Å². The first kappa shape index (κ1) is 12.8. The molecule has 18 heavy (non-hydrogen) atoms. The number of nitrogens with zero attached hydrogens (tertiary/aromatic N) is 4. The van der Waals surface area contributed by atoms with E-state index in [-0.39, 0.29) is 0 Å². The third-order valence-electron chi connectivity index (χ3n) is 2.76. The second-order valence-corrected chi connectivity index (χ2v) is 4.04. The van der Waals surface area contributed by atoms with E-state index in [0.717, 1.165) is 31.0 Å². The van der Waals surface area contributed by atoms with Crippen LogP contribution in [0.5, 0.6) is 0 Å². The molecule has 0 atom stereocenters. The molecule has 2 aromatic heterocycles. The van der Waals surface area contributed by atoms with Crippen molar-refractivity contribution >= 4 is 11.5 Å². The Morgan fingerprint density at radius 3 is 3.06 bits per heavy atom. The Kier molecular flexibility index (Phi) is 4.49. The van der Waals surface area contributed by atoms with Crippen molar-refractivity contribution in [2.75, 3.05) is 38.3 Å². The second-order valence-electron chi connectivity index (χ2n) is 4.04. The van der Waals surface area contributed by atoms with E-state index in [4.69, 9.17) is 10.5 Å². The van der Waals surface area contributed by atoms with Gasteiger partial charge in [0.25, 0.3) is 0 Å². The number of fused-ring (bicyclic) bond motifs is 1. The molecular formula is C12H19N5O. The summed E-state index contributed by atoms with van der Waals surface area (Å²) in [4.78, 5) is 6.76. The summed E-state index contributed by atoms with van der Waals surface area (Å²) in [6.45, 7) is 3.06. The number of hydrogen-bond acceptors (Lipinski definition) is 5. The lowest BCUT2D eigenvalue weighted by atomic mass is 10.3. The average molecular weight is 249 g/mol. The number of ether oxygens (including phenoxy) is 1. The van der Waals surface area contributed by atoms with E-state index in [1.165, 1.54) is 0 Å². The lowest BCUT2D eigenvalue weighted by Gasteiger charge is -2.23. The van der Waals surface area contributed by atoms with Gasteiger partial charge in [-0.3, -0.25) is 0 Å². The molecule has 0 aromatic carbocycles. The van der Waals surface area contributed by atoms with Crippen LogP contribution in [0.2, 0.25) is 0 Å². The molecule has 6 nitrogen and oxygen atoms in total. The summed E-state index contributed by atoms with van der Waals surface area (Å²) in [7, 11) is 1.70. The quantitative estimate of drug-likeness (QED) is 0.775. The second kappa shape index (κ2) is 6.32. The van der Waals surface area contributed by atoms with Gasteiger partial charge in [0.2, 0.25) is 0 Å². The lowest BCUT2D eigenvalue weighted by molar-refractivity contribution is 0.205. The van der Waals surface area contributed by atoms with Gasteiger partial charge in [0.05, 0.1) is 12.8 Å². The maximum absolute atomic E-state index is 5.57. The van der Waals surface area contributed by atoms with Crippen molar-refractivity contribution in [3.8, 4) is 0 Å². The summed E-state index contributed by atoms with van der Waals surface area (Å²) >= 11 is 0. The summed E-state index contributed by atoms with van der Waals surface area (Å²) in [6.07, 6.45) is 4.60. The van der Waals surface area contributed by atoms with Crippen LogP contribution >= 0.6 is 0 Å². The molecule has 0 aliphatic carbocycles. The van der Waals surface area contributed by atoms with Crippen LogP contribution in [0.25, 0.3) is 5.65 Å². The molecule has 0 unspecified atom stereocenters. The van der Waals surface area contributed by atoms with Gasteiger partial charge in [-0.05, 0) is 19.0 Å². The summed E-state index contributed by atoms with van der Waals surface area (Å²) in [5, 5.41) is 4.13. The monoisotopic (exact) mass is 249 g/mol. The minimum absolute atomic E-state index is 0.677. The van der Waals surface area contributed by atoms with Gasteiger partial charge in [-0.15, -0.1) is 0 Å². The van der Waals surface area contributed by atoms with Gasteiger partial charge in [0, 0.05) is 32.5 Å². The van der Waals surface area contributed by atoms with Crippen molar-refractivity contribution in [1.82, 2.24) is 14.6 Å². The highest BCUT2D eigenvalue weighted by Gasteiger charge is 2.08. The van der Waals surface area contributed by atoms with Gasteiger partial charge in [0.1, 0.15) is 5.82 Å². The summed E-state index contributed by atoms with van der Waals surface area (Å²) in [6, 6.07) is 3.85. The van der Waals surface area contributed by atoms with Gasteiger partial charge < -0.3 is 15.4 Å². The van der Waals surface area contributed by atoms with Crippen molar-refractivity contribution < 1.29 is 4.74 Å². The third kappa shape index (κ3) is 2.96. The number of rotatable bonds is 7. The Morgan fingerprint density at radius 1 is 1.39 bits per heavy atom. The highest BCUT2D eigenvalue weighted by molar-refractivity contribution is 5.47. The van der Waals surface area contributed by atoms with Gasteiger partial charge in [-0.2, -0.15) is 5.10 Å². The molecule has 98 valence electrons. The van der Waals surface area contributed by atoms with Gasteiger partial charge in [-0.25, -0.2) is 9.50 Å². The van der Waals surface area contributed by atoms with E-state index < -0.39 is 0 Å². The summed E-state index contributed by atoms with van der Waals surface area (Å²) in [5.74, 6) is 0.938. The van der Waals surface area contributed by atoms with Gasteiger partial charge in [-0.1, -0.05) is 0 Å². The molecule has 0 bridgehead atoms. The number of aromatic nitrogens is 3. The number of hydrogen-bond donors (Lipinski definition) is 1. The molecule has 6 heteroatoms. The highest BCUT2D eigenvalue weighted by atomic mass is 16.5. The summed E-state index contributed by atoms with van der Waals surface area (Å²) in [5.41, 5.74) is 6.41. The normalized spacial score (nSPS) is 11.0. The van der Waals surface area contributed by atoms with Crippen LogP contribution in [0, 0.1) is 0 Å². The van der Waals surface area contributed by atoms with E-state index in [1.807, 2.05) is 18.3 Å². The Balaban J connectivity index is 2.16. The minimum atomic E-state index is 0.677. The van der Waals surface area contributed by atoms with Gasteiger partial charge >= 0.3 is 0 Å². The van der Waals surface area contributed by atoms with E-state index >= 15 is 0 Å². The molecule has 0 aliphatic heterocycles. The molecule has 2 heterocycles. The van der Waals surface area contributed by atoms with E-state index in [0.29, 0.717) is 13.2 Å². The zero-order valence-corrected chi connectivity index (χ0v) is 10.6. The average Bonchev–Trinajstić information content (AvgIpc) is 2.86. The largest absolute Gasteiger partial charge is 0.383 e. The van der Waals surface area contributed by atoms with Crippen molar-refractivity contribution in [3.63, 3.8) is 0 Å². The topological polar surface area (TPSA) is 68.7 Å². The molecule has 0 fully saturated rings. The van der Waals surface area contributed by atoms with Crippen molar-refractivity contribution in [3.05, 3.63) is 24.5 Å². The van der Waals surface area contributed by atoms with Crippen molar-refractivity contribution in [2.24, 2.45) is 5.73 Å². The first-order valence-corrected chi connectivity index (χ1v) is 6.09. The van der Waals surface area contributed by atoms with E-state index in [2.05, 4.69) is 15.0 Å². The standard InChI is InChI=1S/C12H19N5O/c1-18-10-9-16(7-2-5-13)11-4-8-17-12(15-11)3-6-14-17/h3-4,6,8H,2,5,7,9-10,13H2,1H3. The lowest BCUT2D eigenvalue weighted by Crippen LogP contribution is -2.30. The smallest absolute Gasteiger partial charge is 0.157 e. The van der Waals surface area contributed by atoms with Crippen LogP contribution in [0.4, 0.5) is 5.82 Å². The van der Waals surface area contributed by atoms with Crippen LogP contribution in [0.3, 0.4) is 0 Å². The minimum Gasteiger partial charge on any atom is -0.383 e. The first-order valence-electron chi connectivity index (χ1n) is 6.09. The fraction of sp³-hybridized carbons (Fsp3) is 0.500. The van der Waals surface area contributed by atoms with Crippen LogP contribution in [0.1, 0.15) is 6.42 Å². The fourth-order valence-corrected chi connectivity index (χ4v) is 1.80. The molecular weight excluding hydrogens is 230 g/mol. The Labute approximate surface area is 106 Å². The SMILES string of the molecule is COCCN(CCCN)c1ccn2nccc2n1. The molecule has 2 N–H and O–H groups in total. The molecule has 0 amide bonds. The third-order valence-corrected chi connectivity index (χ3v) is 2.76. The van der Waals surface area contributed by atoms with Crippen molar-refractivity contribution in [1.29, 1.82) is 0 Å². The number of nitrogens with two attached hydrogens (primary N) is 1. The Morgan fingerprint density at radius 2 is 2.28 bits per heavy atom. The first-order chi connectivity index (χ1) is 8.85.